The molecule has 0 unspecified atom stereocenters. The van der Waals surface area contributed by atoms with E-state index < -0.39 is 0 Å². The third kappa shape index (κ3) is 4.73. The van der Waals surface area contributed by atoms with Gasteiger partial charge in [0.25, 0.3) is 0 Å². The minimum atomic E-state index is 0.00282. The Kier molecular flexibility index (Phi) is 5.58. The number of halogens is 1. The summed E-state index contributed by atoms with van der Waals surface area (Å²) < 4.78 is 6.20. The van der Waals surface area contributed by atoms with Crippen LogP contribution in [0.2, 0.25) is 0 Å². The van der Waals surface area contributed by atoms with Crippen LogP contribution < -0.4 is 10.6 Å². The molecule has 1 aliphatic heterocycles. The second kappa shape index (κ2) is 7.85. The normalized spacial score (nSPS) is 14.6. The van der Waals surface area contributed by atoms with Crippen LogP contribution >= 0.6 is 27.3 Å². The first-order valence-corrected chi connectivity index (χ1v) is 9.10. The molecule has 0 saturated carbocycles. The molecule has 0 radical (unpaired) electrons. The minimum absolute atomic E-state index is 0.00282. The molecule has 6 nitrogen and oxygen atoms in total. The van der Waals surface area contributed by atoms with Gasteiger partial charge in [0.1, 0.15) is 0 Å². The third-order valence-corrected chi connectivity index (χ3v) is 5.18. The van der Waals surface area contributed by atoms with Crippen LogP contribution in [0.4, 0.5) is 0 Å². The molecule has 1 aliphatic rings. The zero-order chi connectivity index (χ0) is 16.1. The van der Waals surface area contributed by atoms with Gasteiger partial charge >= 0.3 is 0 Å². The monoisotopic (exact) mass is 396 g/mol. The van der Waals surface area contributed by atoms with Crippen molar-refractivity contribution in [3.63, 3.8) is 0 Å². The highest BCUT2D eigenvalue weighted by Crippen LogP contribution is 2.27. The van der Waals surface area contributed by atoms with Gasteiger partial charge in [-0.2, -0.15) is 4.98 Å². The van der Waals surface area contributed by atoms with Crippen molar-refractivity contribution in [2.45, 2.75) is 19.3 Å². The van der Waals surface area contributed by atoms with Crippen molar-refractivity contribution < 1.29 is 9.32 Å². The summed E-state index contributed by atoms with van der Waals surface area (Å²) >= 11 is 4.94. The predicted molar refractivity (Wildman–Crippen MR) is 92.2 cm³/mol. The molecular formula is C15H17BrN4O2S. The molecule has 0 fully saturated rings. The summed E-state index contributed by atoms with van der Waals surface area (Å²) in [6.45, 7) is 2.49. The van der Waals surface area contributed by atoms with E-state index in [1.54, 1.807) is 11.3 Å². The molecule has 0 aromatic carbocycles. The highest BCUT2D eigenvalue weighted by molar-refractivity contribution is 9.10. The standard InChI is InChI=1S/C15H17BrN4O2S/c16-11-7-12(23-9-11)15-19-14(22-20-15)2-1-13(21)18-8-10-3-5-17-6-4-10/h3,7,9,17H,1-2,4-6,8H2,(H,18,21). The van der Waals surface area contributed by atoms with E-state index in [0.29, 0.717) is 31.1 Å². The number of hydrogen-bond donors (Lipinski definition) is 2. The highest BCUT2D eigenvalue weighted by atomic mass is 79.9. The molecule has 2 aromatic heterocycles. The fourth-order valence-electron chi connectivity index (χ4n) is 2.24. The second-order valence-electron chi connectivity index (χ2n) is 5.23. The average molecular weight is 397 g/mol. The SMILES string of the molecule is O=C(CCc1nc(-c2cc(Br)cs2)no1)NCC1=CCNCC1. The lowest BCUT2D eigenvalue weighted by Gasteiger charge is -2.14. The van der Waals surface area contributed by atoms with Gasteiger partial charge in [-0.1, -0.05) is 16.8 Å². The Bertz CT molecular complexity index is 710. The van der Waals surface area contributed by atoms with Crippen molar-refractivity contribution in [1.82, 2.24) is 20.8 Å². The largest absolute Gasteiger partial charge is 0.352 e. The zero-order valence-corrected chi connectivity index (χ0v) is 14.9. The van der Waals surface area contributed by atoms with E-state index in [1.165, 1.54) is 5.57 Å². The number of nitrogens with one attached hydrogen (secondary N) is 2. The van der Waals surface area contributed by atoms with Gasteiger partial charge < -0.3 is 15.2 Å². The Morgan fingerprint density at radius 3 is 3.17 bits per heavy atom. The Morgan fingerprint density at radius 1 is 1.52 bits per heavy atom. The first kappa shape index (κ1) is 16.4. The fourth-order valence-corrected chi connectivity index (χ4v) is 3.59. The molecule has 0 aliphatic carbocycles. The quantitative estimate of drug-likeness (QED) is 0.733. The second-order valence-corrected chi connectivity index (χ2v) is 7.06. The zero-order valence-electron chi connectivity index (χ0n) is 12.5. The number of aryl methyl sites for hydroxylation is 1. The summed E-state index contributed by atoms with van der Waals surface area (Å²) in [6, 6.07) is 1.94. The summed E-state index contributed by atoms with van der Waals surface area (Å²) in [5.74, 6) is 1.06. The molecule has 2 aromatic rings. The van der Waals surface area contributed by atoms with E-state index in [-0.39, 0.29) is 5.91 Å². The fraction of sp³-hybridized carbons (Fsp3) is 0.400. The van der Waals surface area contributed by atoms with Crippen molar-refractivity contribution in [1.29, 1.82) is 0 Å². The minimum Gasteiger partial charge on any atom is -0.352 e. The third-order valence-electron chi connectivity index (χ3n) is 3.49. The van der Waals surface area contributed by atoms with Gasteiger partial charge in [0.2, 0.25) is 17.6 Å². The first-order valence-electron chi connectivity index (χ1n) is 7.43. The van der Waals surface area contributed by atoms with Crippen molar-refractivity contribution in [3.8, 4) is 10.7 Å². The van der Waals surface area contributed by atoms with Crippen LogP contribution in [-0.4, -0.2) is 35.7 Å². The molecular weight excluding hydrogens is 380 g/mol. The molecule has 2 N–H and O–H groups in total. The summed E-state index contributed by atoms with van der Waals surface area (Å²) in [5.41, 5.74) is 1.28. The van der Waals surface area contributed by atoms with Crippen LogP contribution in [0.5, 0.6) is 0 Å². The molecule has 122 valence electrons. The van der Waals surface area contributed by atoms with Gasteiger partial charge in [0.15, 0.2) is 0 Å². The summed E-state index contributed by atoms with van der Waals surface area (Å²) in [6.07, 6.45) is 3.92. The van der Waals surface area contributed by atoms with E-state index in [0.717, 1.165) is 28.9 Å². The van der Waals surface area contributed by atoms with Crippen LogP contribution in [0, 0.1) is 0 Å². The van der Waals surface area contributed by atoms with Crippen LogP contribution in [0.1, 0.15) is 18.7 Å². The maximum Gasteiger partial charge on any atom is 0.227 e. The number of nitrogens with zero attached hydrogens (tertiary/aromatic N) is 2. The smallest absolute Gasteiger partial charge is 0.227 e. The van der Waals surface area contributed by atoms with Gasteiger partial charge in [-0.3, -0.25) is 4.79 Å². The maximum atomic E-state index is 11.9. The maximum absolute atomic E-state index is 11.9. The van der Waals surface area contributed by atoms with Crippen molar-refractivity contribution >= 4 is 33.2 Å². The van der Waals surface area contributed by atoms with Crippen molar-refractivity contribution in [2.75, 3.05) is 19.6 Å². The summed E-state index contributed by atoms with van der Waals surface area (Å²) in [7, 11) is 0. The Morgan fingerprint density at radius 2 is 2.43 bits per heavy atom. The van der Waals surface area contributed by atoms with Crippen LogP contribution in [0.3, 0.4) is 0 Å². The van der Waals surface area contributed by atoms with E-state index in [2.05, 4.69) is 42.8 Å². The number of carbonyl (C=O) groups is 1. The molecule has 1 amide bonds. The van der Waals surface area contributed by atoms with Gasteiger partial charge in [0.05, 0.1) is 4.88 Å². The van der Waals surface area contributed by atoms with E-state index >= 15 is 0 Å². The molecule has 0 atom stereocenters. The number of aromatic nitrogens is 2. The highest BCUT2D eigenvalue weighted by Gasteiger charge is 2.12. The Balaban J connectivity index is 1.45. The molecule has 3 rings (SSSR count). The topological polar surface area (TPSA) is 80.0 Å². The van der Waals surface area contributed by atoms with Crippen molar-refractivity contribution in [3.05, 3.63) is 33.5 Å². The average Bonchev–Trinajstić information content (AvgIpc) is 3.20. The van der Waals surface area contributed by atoms with Gasteiger partial charge in [-0.15, -0.1) is 11.3 Å². The molecule has 0 spiro atoms. The lowest BCUT2D eigenvalue weighted by Crippen LogP contribution is -2.29. The number of amides is 1. The van der Waals surface area contributed by atoms with Crippen LogP contribution in [0.25, 0.3) is 10.7 Å². The molecule has 23 heavy (non-hydrogen) atoms. The molecule has 0 bridgehead atoms. The Labute approximate surface area is 146 Å². The van der Waals surface area contributed by atoms with Gasteiger partial charge in [-0.25, -0.2) is 0 Å². The van der Waals surface area contributed by atoms with E-state index in [1.807, 2.05) is 11.4 Å². The van der Waals surface area contributed by atoms with Crippen LogP contribution in [0.15, 0.2) is 32.1 Å². The van der Waals surface area contributed by atoms with Gasteiger partial charge in [-0.05, 0) is 35.0 Å². The molecule has 3 heterocycles. The number of hydrogen-bond acceptors (Lipinski definition) is 6. The van der Waals surface area contributed by atoms with Crippen molar-refractivity contribution in [2.24, 2.45) is 0 Å². The lowest BCUT2D eigenvalue weighted by atomic mass is 10.1. The van der Waals surface area contributed by atoms with Crippen LogP contribution in [-0.2, 0) is 11.2 Å². The lowest BCUT2D eigenvalue weighted by molar-refractivity contribution is -0.121. The van der Waals surface area contributed by atoms with Gasteiger partial charge in [0, 0.05) is 35.8 Å². The molecule has 8 heteroatoms. The van der Waals surface area contributed by atoms with E-state index in [9.17, 15) is 4.79 Å². The number of carbonyl (C=O) groups excluding carboxylic acids is 1. The van der Waals surface area contributed by atoms with E-state index in [4.69, 9.17) is 4.52 Å². The predicted octanol–water partition coefficient (Wildman–Crippen LogP) is 2.53. The summed E-state index contributed by atoms with van der Waals surface area (Å²) in [5, 5.41) is 12.1. The Hall–Kier alpha value is -1.51. The first-order chi connectivity index (χ1) is 11.2. The number of thiophene rings is 1. The molecule has 0 saturated heterocycles. The summed E-state index contributed by atoms with van der Waals surface area (Å²) in [4.78, 5) is 17.2. The number of rotatable bonds is 6.